The second-order valence-electron chi connectivity index (χ2n) is 7.59. The Morgan fingerprint density at radius 2 is 1.35 bits per heavy atom. The van der Waals surface area contributed by atoms with Gasteiger partial charge in [-0.3, -0.25) is 4.79 Å². The molecule has 9 heteroatoms. The number of carbonyl (C=O) groups is 1. The van der Waals surface area contributed by atoms with E-state index in [4.69, 9.17) is 0 Å². The standard InChI is InChI=1S/C25H20F3N5O/c1-14-3-5-16(6-4-14)30-21-13-15(2)29-25(33-21)32-18-9-7-17(8-10-18)31-24(34)19-11-12-20(26)23(28)22(19)27/h3-13H,1-2H3,(H,31,34)(H2,29,30,32,33). The number of benzene rings is 3. The summed E-state index contributed by atoms with van der Waals surface area (Å²) in [7, 11) is 0. The Morgan fingerprint density at radius 3 is 2.06 bits per heavy atom. The van der Waals surface area contributed by atoms with Gasteiger partial charge in [-0.1, -0.05) is 17.7 Å². The SMILES string of the molecule is Cc1ccc(Nc2cc(C)nc(Nc3ccc(NC(=O)c4ccc(F)c(F)c4F)cc3)n2)cc1. The number of amides is 1. The van der Waals surface area contributed by atoms with Gasteiger partial charge in [0.2, 0.25) is 5.95 Å². The lowest BCUT2D eigenvalue weighted by Gasteiger charge is -2.11. The maximum Gasteiger partial charge on any atom is 0.258 e. The summed E-state index contributed by atoms with van der Waals surface area (Å²) in [6, 6.07) is 17.8. The molecule has 0 radical (unpaired) electrons. The molecule has 0 aliphatic carbocycles. The van der Waals surface area contributed by atoms with Crippen LogP contribution >= 0.6 is 0 Å². The summed E-state index contributed by atoms with van der Waals surface area (Å²) in [5.74, 6) is -4.50. The molecular formula is C25H20F3N5O. The molecule has 3 aromatic carbocycles. The monoisotopic (exact) mass is 463 g/mol. The first kappa shape index (κ1) is 22.8. The Hall–Kier alpha value is -4.40. The number of nitrogens with zero attached hydrogens (tertiary/aromatic N) is 2. The fraction of sp³-hybridized carbons (Fsp3) is 0.0800. The topological polar surface area (TPSA) is 78.9 Å². The second-order valence-corrected chi connectivity index (χ2v) is 7.59. The first-order valence-corrected chi connectivity index (χ1v) is 10.3. The van der Waals surface area contributed by atoms with Crippen molar-refractivity contribution in [3.8, 4) is 0 Å². The van der Waals surface area contributed by atoms with Gasteiger partial charge in [-0.05, 0) is 62.4 Å². The third kappa shape index (κ3) is 5.32. The van der Waals surface area contributed by atoms with Crippen LogP contribution in [0.15, 0.2) is 66.7 Å². The third-order valence-electron chi connectivity index (χ3n) is 4.86. The zero-order valence-electron chi connectivity index (χ0n) is 18.3. The molecule has 3 N–H and O–H groups in total. The highest BCUT2D eigenvalue weighted by Crippen LogP contribution is 2.22. The Labute approximate surface area is 193 Å². The van der Waals surface area contributed by atoms with Crippen LogP contribution in [0.3, 0.4) is 0 Å². The van der Waals surface area contributed by atoms with Crippen LogP contribution < -0.4 is 16.0 Å². The van der Waals surface area contributed by atoms with Gasteiger partial charge in [0.15, 0.2) is 17.5 Å². The van der Waals surface area contributed by atoms with E-state index in [1.807, 2.05) is 44.2 Å². The molecule has 0 saturated carbocycles. The van der Waals surface area contributed by atoms with Gasteiger partial charge >= 0.3 is 0 Å². The molecule has 0 spiro atoms. The van der Waals surface area contributed by atoms with Gasteiger partial charge in [0.05, 0.1) is 5.56 Å². The summed E-state index contributed by atoms with van der Waals surface area (Å²) in [5, 5.41) is 8.78. The van der Waals surface area contributed by atoms with Gasteiger partial charge in [0.1, 0.15) is 5.82 Å². The Kier molecular flexibility index (Phi) is 6.44. The van der Waals surface area contributed by atoms with Crippen molar-refractivity contribution in [1.29, 1.82) is 0 Å². The normalized spacial score (nSPS) is 10.6. The molecule has 172 valence electrons. The molecule has 1 amide bonds. The molecule has 1 aromatic heterocycles. The lowest BCUT2D eigenvalue weighted by molar-refractivity contribution is 0.102. The number of carbonyl (C=O) groups excluding carboxylic acids is 1. The maximum atomic E-state index is 13.8. The fourth-order valence-electron chi connectivity index (χ4n) is 3.14. The first-order chi connectivity index (χ1) is 16.3. The first-order valence-electron chi connectivity index (χ1n) is 10.3. The van der Waals surface area contributed by atoms with Gasteiger partial charge in [0.25, 0.3) is 5.91 Å². The Morgan fingerprint density at radius 1 is 0.735 bits per heavy atom. The lowest BCUT2D eigenvalue weighted by atomic mass is 10.1. The number of hydrogen-bond donors (Lipinski definition) is 3. The molecule has 4 aromatic rings. The van der Waals surface area contributed by atoms with Crippen LogP contribution in [0.4, 0.5) is 42.0 Å². The Balaban J connectivity index is 1.44. The predicted octanol–water partition coefficient (Wildman–Crippen LogP) is 6.25. The van der Waals surface area contributed by atoms with Crippen LogP contribution in [-0.4, -0.2) is 15.9 Å². The van der Waals surface area contributed by atoms with E-state index in [0.29, 0.717) is 29.2 Å². The predicted molar refractivity (Wildman–Crippen MR) is 125 cm³/mol. The summed E-state index contributed by atoms with van der Waals surface area (Å²) in [6.45, 7) is 3.86. The summed E-state index contributed by atoms with van der Waals surface area (Å²) < 4.78 is 40.3. The van der Waals surface area contributed by atoms with E-state index in [9.17, 15) is 18.0 Å². The van der Waals surface area contributed by atoms with Crippen LogP contribution in [0.5, 0.6) is 0 Å². The van der Waals surface area contributed by atoms with Crippen LogP contribution in [0, 0.1) is 31.3 Å². The van der Waals surface area contributed by atoms with E-state index in [2.05, 4.69) is 25.9 Å². The minimum atomic E-state index is -1.69. The molecule has 34 heavy (non-hydrogen) atoms. The summed E-state index contributed by atoms with van der Waals surface area (Å²) >= 11 is 0. The molecule has 0 fully saturated rings. The van der Waals surface area contributed by atoms with Crippen molar-refractivity contribution in [2.45, 2.75) is 13.8 Å². The van der Waals surface area contributed by atoms with Crippen LogP contribution in [0.1, 0.15) is 21.6 Å². The maximum absolute atomic E-state index is 13.8. The Bertz CT molecular complexity index is 1340. The highest BCUT2D eigenvalue weighted by Gasteiger charge is 2.18. The van der Waals surface area contributed by atoms with Crippen molar-refractivity contribution in [3.63, 3.8) is 0 Å². The minimum absolute atomic E-state index is 0.339. The number of hydrogen-bond acceptors (Lipinski definition) is 5. The van der Waals surface area contributed by atoms with Gasteiger partial charge in [0, 0.05) is 28.8 Å². The molecule has 0 unspecified atom stereocenters. The second kappa shape index (κ2) is 9.62. The lowest BCUT2D eigenvalue weighted by Crippen LogP contribution is -2.15. The zero-order chi connectivity index (χ0) is 24.2. The summed E-state index contributed by atoms with van der Waals surface area (Å²) in [6.07, 6.45) is 0. The average molecular weight is 463 g/mol. The smallest absolute Gasteiger partial charge is 0.258 e. The largest absolute Gasteiger partial charge is 0.340 e. The van der Waals surface area contributed by atoms with E-state index in [1.165, 1.54) is 0 Å². The van der Waals surface area contributed by atoms with Crippen molar-refractivity contribution in [3.05, 3.63) is 101 Å². The number of anilines is 5. The molecule has 1 heterocycles. The van der Waals surface area contributed by atoms with E-state index in [1.54, 1.807) is 24.3 Å². The van der Waals surface area contributed by atoms with Crippen molar-refractivity contribution in [2.75, 3.05) is 16.0 Å². The van der Waals surface area contributed by atoms with Crippen molar-refractivity contribution >= 4 is 34.7 Å². The molecule has 0 bridgehead atoms. The van der Waals surface area contributed by atoms with Crippen LogP contribution in [0.25, 0.3) is 0 Å². The number of rotatable bonds is 6. The zero-order valence-corrected chi connectivity index (χ0v) is 18.3. The fourth-order valence-corrected chi connectivity index (χ4v) is 3.14. The molecule has 0 atom stereocenters. The number of aromatic nitrogens is 2. The molecule has 6 nitrogen and oxygen atoms in total. The number of aryl methyl sites for hydroxylation is 2. The van der Waals surface area contributed by atoms with E-state index in [-0.39, 0.29) is 0 Å². The molecule has 0 saturated heterocycles. The van der Waals surface area contributed by atoms with Gasteiger partial charge < -0.3 is 16.0 Å². The van der Waals surface area contributed by atoms with Gasteiger partial charge in [-0.15, -0.1) is 0 Å². The van der Waals surface area contributed by atoms with E-state index >= 15 is 0 Å². The van der Waals surface area contributed by atoms with Crippen LogP contribution in [0.2, 0.25) is 0 Å². The summed E-state index contributed by atoms with van der Waals surface area (Å²) in [5.41, 5.74) is 3.19. The molecule has 0 aliphatic heterocycles. The minimum Gasteiger partial charge on any atom is -0.340 e. The van der Waals surface area contributed by atoms with Crippen molar-refractivity contribution < 1.29 is 18.0 Å². The van der Waals surface area contributed by atoms with E-state index in [0.717, 1.165) is 23.0 Å². The molecule has 4 rings (SSSR count). The van der Waals surface area contributed by atoms with Gasteiger partial charge in [-0.2, -0.15) is 4.98 Å². The highest BCUT2D eigenvalue weighted by molar-refractivity contribution is 6.04. The number of nitrogens with one attached hydrogen (secondary N) is 3. The quantitative estimate of drug-likeness (QED) is 0.295. The average Bonchev–Trinajstić information content (AvgIpc) is 2.80. The van der Waals surface area contributed by atoms with Gasteiger partial charge in [-0.25, -0.2) is 18.2 Å². The van der Waals surface area contributed by atoms with Crippen LogP contribution in [-0.2, 0) is 0 Å². The third-order valence-corrected chi connectivity index (χ3v) is 4.86. The molecular weight excluding hydrogens is 443 g/mol. The summed E-state index contributed by atoms with van der Waals surface area (Å²) in [4.78, 5) is 21.1. The van der Waals surface area contributed by atoms with Crippen molar-refractivity contribution in [1.82, 2.24) is 9.97 Å². The number of halogens is 3. The highest BCUT2D eigenvalue weighted by atomic mass is 19.2. The molecule has 0 aliphatic rings. The van der Waals surface area contributed by atoms with Crippen molar-refractivity contribution in [2.24, 2.45) is 0 Å². The van der Waals surface area contributed by atoms with E-state index < -0.39 is 28.9 Å².